The van der Waals surface area contributed by atoms with Gasteiger partial charge in [0.25, 0.3) is 22.2 Å². The molecule has 0 unspecified atom stereocenters. The smallest absolute Gasteiger partial charge is 0.258 e. The van der Waals surface area contributed by atoms with Crippen molar-refractivity contribution in [3.8, 4) is 45.4 Å². The summed E-state index contributed by atoms with van der Waals surface area (Å²) in [5.74, 6) is 0.515. The zero-order valence-electron chi connectivity index (χ0n) is 68.7. The summed E-state index contributed by atoms with van der Waals surface area (Å²) in [5, 5.41) is 22.8. The van der Waals surface area contributed by atoms with E-state index in [0.717, 1.165) is 165 Å². The van der Waals surface area contributed by atoms with E-state index >= 15 is 0 Å². The summed E-state index contributed by atoms with van der Waals surface area (Å²) in [6.45, 7) is 24.1. The molecule has 16 aromatic heterocycles. The standard InChI is InChI=1S/C24H27N5O.C22H23N7O.C22H25N7O.C21H23N7O2/c1-3-10-27-11-8-18(9-12-27)19-4-7-23-26-21(13-24(30)29(23)16-19)20-5-6-22-25-17(2)14-28(22)15-20;1-15-12-29-18(11-23-15)9-20(25-29)19-10-22(30)28-14-17(4-5-21(28)24-19)27-8-7-26-6-2-3-16(26)13-27;1-15-13-29-18(12-23-15)10-20(25-29)19-11-22(30)28-14-17(4-5-21(28)24-19)27-8-6-16(7-9-27)26(2)3;1-15-13-28-17(12-22-15)10-19(24-28)18-11-21(30)27-14-16(2-3-20(27)23-18)26-6-4-25(5-7-26)8-9-29/h4-7,13-16,18H,3,8-12H2,1-2H3;4-5,9-12,14,16H,2-3,6-8,13H2,1H3;4-5,10-14,16H,6-9H2,1-3H3;2-3,10-14,29H,4-9H2,1H3/t;16-;;/m.1../s1. The van der Waals surface area contributed by atoms with Crippen molar-refractivity contribution in [2.75, 3.05) is 127 Å². The highest BCUT2D eigenvalue weighted by Crippen LogP contribution is 2.32. The van der Waals surface area contributed by atoms with Crippen molar-refractivity contribution in [2.45, 2.75) is 97.6 Å². The number of imidazole rings is 1. The van der Waals surface area contributed by atoms with Crippen molar-refractivity contribution in [1.29, 1.82) is 0 Å². The van der Waals surface area contributed by atoms with Crippen molar-refractivity contribution in [3.63, 3.8) is 0 Å². The quantitative estimate of drug-likeness (QED) is 0.113. The van der Waals surface area contributed by atoms with Gasteiger partial charge in [-0.05, 0) is 197 Å². The first-order valence-electron chi connectivity index (χ1n) is 41.6. The summed E-state index contributed by atoms with van der Waals surface area (Å²) in [5.41, 5.74) is 18.9. The van der Waals surface area contributed by atoms with Crippen LogP contribution in [0.3, 0.4) is 0 Å². The molecule has 0 radical (unpaired) electrons. The van der Waals surface area contributed by atoms with E-state index in [2.05, 4.69) is 119 Å². The number of rotatable bonds is 13. The van der Waals surface area contributed by atoms with Crippen LogP contribution in [-0.4, -0.2) is 240 Å². The summed E-state index contributed by atoms with van der Waals surface area (Å²) in [7, 11) is 4.28. The van der Waals surface area contributed by atoms with Gasteiger partial charge in [-0.3, -0.25) is 61.5 Å². The lowest BCUT2D eigenvalue weighted by molar-refractivity contribution is 0.189. The SMILES string of the molecule is CCCN1CCC(c2ccc3nc(-c4ccc5nc(C)cn5c4)cc(=O)n3c2)CC1.Cc1cn2nc(-c3cc(=O)n4cc(N5CCC(N(C)C)CC5)ccc4n3)cc2cn1.Cc1cn2nc(-c3cc(=O)n4cc(N5CCN(CCO)CC5)ccc4n3)cc2cn1.Cc1cn2nc(-c3cc(=O)n4cc(N5CCN6CCC[C@@H]6C5)ccc4n3)cc2cn1. The van der Waals surface area contributed by atoms with Gasteiger partial charge in [0.2, 0.25) is 0 Å². The molecule has 1 N–H and O–H groups in total. The molecule has 0 spiro atoms. The maximum Gasteiger partial charge on any atom is 0.258 e. The third-order valence-corrected chi connectivity index (χ3v) is 24.0. The molecule has 21 rings (SSSR count). The molecule has 0 bridgehead atoms. The van der Waals surface area contributed by atoms with Gasteiger partial charge in [-0.25, -0.2) is 38.5 Å². The first-order chi connectivity index (χ1) is 58.3. The molecule has 0 aromatic carbocycles. The Morgan fingerprint density at radius 2 is 0.850 bits per heavy atom. The number of hydrogen-bond acceptors (Lipinski definition) is 23. The van der Waals surface area contributed by atoms with Crippen LogP contribution in [0.4, 0.5) is 17.1 Å². The first kappa shape index (κ1) is 78.4. The number of nitrogens with zero attached hydrogens (tertiary/aromatic N) is 26. The fourth-order valence-corrected chi connectivity index (χ4v) is 17.4. The van der Waals surface area contributed by atoms with Gasteiger partial charge in [0.1, 0.15) is 45.3 Å². The Labute approximate surface area is 691 Å². The molecule has 5 saturated heterocycles. The molecule has 21 heterocycles. The maximum absolute atomic E-state index is 12.9. The van der Waals surface area contributed by atoms with Gasteiger partial charge < -0.3 is 34.0 Å². The number of aryl methyl sites for hydroxylation is 4. The van der Waals surface area contributed by atoms with Gasteiger partial charge in [-0.1, -0.05) is 13.0 Å². The number of piperidine rings is 2. The Morgan fingerprint density at radius 1 is 0.400 bits per heavy atom. The third kappa shape index (κ3) is 16.6. The Kier molecular flexibility index (Phi) is 21.9. The lowest BCUT2D eigenvalue weighted by Crippen LogP contribution is -2.50. The van der Waals surface area contributed by atoms with E-state index in [-0.39, 0.29) is 28.8 Å². The van der Waals surface area contributed by atoms with E-state index in [1.165, 1.54) is 44.0 Å². The van der Waals surface area contributed by atoms with E-state index in [1.807, 2.05) is 149 Å². The highest BCUT2D eigenvalue weighted by Gasteiger charge is 2.32. The number of piperazine rings is 2. The van der Waals surface area contributed by atoms with Crippen molar-refractivity contribution < 1.29 is 5.11 Å². The average molecular weight is 1610 g/mol. The van der Waals surface area contributed by atoms with Gasteiger partial charge in [0.15, 0.2) is 0 Å². The normalized spacial score (nSPS) is 16.6. The number of anilines is 3. The minimum Gasteiger partial charge on any atom is -0.395 e. The number of aliphatic hydroxyl groups is 1. The Balaban J connectivity index is 0.000000110. The van der Waals surface area contributed by atoms with Crippen molar-refractivity contribution >= 4 is 61.8 Å². The van der Waals surface area contributed by atoms with E-state index in [1.54, 1.807) is 67.9 Å². The maximum atomic E-state index is 12.9. The second kappa shape index (κ2) is 33.5. The van der Waals surface area contributed by atoms with Crippen molar-refractivity contribution in [1.82, 2.24) is 110 Å². The second-order valence-corrected chi connectivity index (χ2v) is 32.4. The van der Waals surface area contributed by atoms with E-state index in [4.69, 9.17) is 15.1 Å². The Bertz CT molecular complexity index is 6630. The molecule has 16 aromatic rings. The number of hydrogen-bond donors (Lipinski definition) is 1. The zero-order chi connectivity index (χ0) is 82.4. The van der Waals surface area contributed by atoms with E-state index in [9.17, 15) is 19.2 Å². The van der Waals surface area contributed by atoms with Crippen LogP contribution in [-0.2, 0) is 0 Å². The molecule has 31 heteroatoms. The number of pyridine rings is 5. The predicted molar refractivity (Wildman–Crippen MR) is 465 cm³/mol. The summed E-state index contributed by atoms with van der Waals surface area (Å²) in [6.07, 6.45) is 30.8. The number of fused-ring (bicyclic) bond motifs is 9. The first-order valence-corrected chi connectivity index (χ1v) is 41.6. The molecule has 0 aliphatic carbocycles. The van der Waals surface area contributed by atoms with Crippen molar-refractivity contribution in [3.05, 3.63) is 247 Å². The molecule has 5 aliphatic heterocycles. The van der Waals surface area contributed by atoms with Gasteiger partial charge >= 0.3 is 0 Å². The van der Waals surface area contributed by atoms with E-state index in [0.29, 0.717) is 87.0 Å². The molecule has 614 valence electrons. The van der Waals surface area contributed by atoms with Crippen molar-refractivity contribution in [2.24, 2.45) is 0 Å². The monoisotopic (exact) mass is 1610 g/mol. The fourth-order valence-electron chi connectivity index (χ4n) is 17.4. The van der Waals surface area contributed by atoms with Gasteiger partial charge in [0.05, 0.1) is 123 Å². The number of aromatic nitrogens is 19. The minimum absolute atomic E-state index is 0.0397. The molecule has 0 amide bonds. The summed E-state index contributed by atoms with van der Waals surface area (Å²) < 4.78 is 13.8. The van der Waals surface area contributed by atoms with Crippen LogP contribution in [0.2, 0.25) is 0 Å². The molecule has 120 heavy (non-hydrogen) atoms. The molecular weight excluding hydrogens is 1510 g/mol. The summed E-state index contributed by atoms with van der Waals surface area (Å²) in [6, 6.07) is 33.1. The Hall–Kier alpha value is -12.8. The van der Waals surface area contributed by atoms with Gasteiger partial charge in [0, 0.05) is 145 Å². The van der Waals surface area contributed by atoms with Crippen LogP contribution >= 0.6 is 0 Å². The molecule has 31 nitrogen and oxygen atoms in total. The number of aliphatic hydroxyl groups excluding tert-OH is 1. The van der Waals surface area contributed by atoms with Crippen LogP contribution in [0, 0.1) is 27.7 Å². The van der Waals surface area contributed by atoms with Crippen LogP contribution in [0.5, 0.6) is 0 Å². The lowest BCUT2D eigenvalue weighted by atomic mass is 9.90. The topological polar surface area (TPSA) is 288 Å². The lowest BCUT2D eigenvalue weighted by Gasteiger charge is -2.38. The van der Waals surface area contributed by atoms with Crippen LogP contribution in [0.1, 0.15) is 86.1 Å². The predicted octanol–water partition coefficient (Wildman–Crippen LogP) is 8.97. The highest BCUT2D eigenvalue weighted by molar-refractivity contribution is 5.69. The minimum atomic E-state index is -0.137. The fraction of sp³-hybridized carbons (Fsp3) is 0.360. The second-order valence-electron chi connectivity index (χ2n) is 32.4. The number of β-amino-alcohol motifs (C(OH)–C–C–N with tert-alkyl or cyclic N) is 1. The zero-order valence-corrected chi connectivity index (χ0v) is 68.7. The highest BCUT2D eigenvalue weighted by atomic mass is 16.3. The largest absolute Gasteiger partial charge is 0.395 e. The molecular formula is C89H98N26O5. The number of likely N-dealkylation sites (tertiary alicyclic amines) is 1. The summed E-state index contributed by atoms with van der Waals surface area (Å²) >= 11 is 0. The third-order valence-electron chi connectivity index (χ3n) is 24.0. The average Bonchev–Trinajstić information content (AvgIpc) is 1.53. The van der Waals surface area contributed by atoms with Gasteiger partial charge in [-0.2, -0.15) is 15.3 Å². The van der Waals surface area contributed by atoms with Crippen LogP contribution in [0.25, 0.3) is 90.2 Å². The van der Waals surface area contributed by atoms with Crippen LogP contribution < -0.4 is 36.9 Å². The van der Waals surface area contributed by atoms with Gasteiger partial charge in [-0.15, -0.1) is 0 Å². The molecule has 0 saturated carbocycles. The Morgan fingerprint density at radius 3 is 1.35 bits per heavy atom. The molecule has 5 aliphatic rings. The van der Waals surface area contributed by atoms with Crippen LogP contribution in [0.15, 0.2) is 197 Å². The van der Waals surface area contributed by atoms with E-state index < -0.39 is 0 Å². The molecule has 5 fully saturated rings. The summed E-state index contributed by atoms with van der Waals surface area (Å²) in [4.78, 5) is 104. The molecule has 1 atom stereocenters.